The Morgan fingerprint density at radius 2 is 2.05 bits per heavy atom. The van der Waals surface area contributed by atoms with Crippen LogP contribution in [-0.4, -0.2) is 76.9 Å². The number of fused-ring (bicyclic) bond motifs is 2. The molecule has 0 spiro atoms. The minimum Gasteiger partial charge on any atom is -0.493 e. The van der Waals surface area contributed by atoms with Crippen LogP contribution in [0.25, 0.3) is 27.8 Å². The summed E-state index contributed by atoms with van der Waals surface area (Å²) in [5, 5.41) is 8.72. The van der Waals surface area contributed by atoms with Crippen molar-refractivity contribution in [2.24, 2.45) is 5.41 Å². The van der Waals surface area contributed by atoms with E-state index in [1.165, 1.54) is 16.5 Å². The topological polar surface area (TPSA) is 96.8 Å². The number of piperidine rings is 1. The molecule has 206 valence electrons. The van der Waals surface area contributed by atoms with Crippen molar-refractivity contribution in [3.05, 3.63) is 47.9 Å². The third kappa shape index (κ3) is 5.01. The molecule has 9 nitrogen and oxygen atoms in total. The van der Waals surface area contributed by atoms with Gasteiger partial charge in [0.25, 0.3) is 0 Å². The SMILES string of the molecule is COc1cc(-c2[nH]c3ccc(C4CCN(CC(=O)NCC5(C)COC5)CC4)cc3c2C(C)C)cn2ncnc12. The zero-order chi connectivity index (χ0) is 27.1. The van der Waals surface area contributed by atoms with E-state index in [4.69, 9.17) is 9.47 Å². The minimum atomic E-state index is 0.101. The Bertz CT molecular complexity index is 1490. The molecule has 0 atom stereocenters. The molecule has 3 aromatic heterocycles. The third-order valence-corrected chi connectivity index (χ3v) is 8.33. The first kappa shape index (κ1) is 25.8. The first-order valence-electron chi connectivity index (χ1n) is 13.9. The van der Waals surface area contributed by atoms with Crippen LogP contribution in [0.5, 0.6) is 5.75 Å². The number of H-pyrrole nitrogens is 1. The van der Waals surface area contributed by atoms with Gasteiger partial charge in [0.05, 0.1) is 32.6 Å². The molecule has 1 aromatic carbocycles. The second-order valence-corrected chi connectivity index (χ2v) is 11.8. The van der Waals surface area contributed by atoms with E-state index >= 15 is 0 Å². The predicted molar refractivity (Wildman–Crippen MR) is 151 cm³/mol. The van der Waals surface area contributed by atoms with Crippen molar-refractivity contribution in [2.45, 2.75) is 45.4 Å². The van der Waals surface area contributed by atoms with Crippen molar-refractivity contribution in [2.75, 3.05) is 46.5 Å². The molecule has 39 heavy (non-hydrogen) atoms. The molecule has 1 amide bonds. The van der Waals surface area contributed by atoms with E-state index in [0.717, 1.165) is 55.9 Å². The molecule has 6 rings (SSSR count). The highest BCUT2D eigenvalue weighted by Crippen LogP contribution is 2.39. The zero-order valence-corrected chi connectivity index (χ0v) is 23.3. The van der Waals surface area contributed by atoms with Crippen molar-refractivity contribution in [1.29, 1.82) is 0 Å². The van der Waals surface area contributed by atoms with E-state index in [2.05, 4.69) is 64.3 Å². The molecule has 2 N–H and O–H groups in total. The maximum absolute atomic E-state index is 12.5. The number of likely N-dealkylation sites (tertiary alicyclic amines) is 1. The molecule has 0 aliphatic carbocycles. The molecule has 0 bridgehead atoms. The number of nitrogens with one attached hydrogen (secondary N) is 2. The summed E-state index contributed by atoms with van der Waals surface area (Å²) in [5.41, 5.74) is 6.73. The molecule has 9 heteroatoms. The highest BCUT2D eigenvalue weighted by Gasteiger charge is 2.33. The van der Waals surface area contributed by atoms with Gasteiger partial charge in [0, 0.05) is 34.6 Å². The van der Waals surface area contributed by atoms with E-state index < -0.39 is 0 Å². The summed E-state index contributed by atoms with van der Waals surface area (Å²) < 4.78 is 12.7. The number of ether oxygens (including phenoxy) is 2. The Kier molecular flexibility index (Phi) is 6.81. The Morgan fingerprint density at radius 1 is 1.26 bits per heavy atom. The van der Waals surface area contributed by atoms with Gasteiger partial charge >= 0.3 is 0 Å². The Labute approximate surface area is 228 Å². The summed E-state index contributed by atoms with van der Waals surface area (Å²) in [6.45, 7) is 11.1. The Morgan fingerprint density at radius 3 is 2.74 bits per heavy atom. The summed E-state index contributed by atoms with van der Waals surface area (Å²) >= 11 is 0. The predicted octanol–water partition coefficient (Wildman–Crippen LogP) is 4.34. The number of pyridine rings is 1. The van der Waals surface area contributed by atoms with Crippen LogP contribution in [0, 0.1) is 5.41 Å². The average Bonchev–Trinajstić information content (AvgIpc) is 3.55. The molecule has 0 radical (unpaired) electrons. The summed E-state index contributed by atoms with van der Waals surface area (Å²) in [4.78, 5) is 22.8. The highest BCUT2D eigenvalue weighted by atomic mass is 16.5. The molecule has 2 aliphatic heterocycles. The first-order chi connectivity index (χ1) is 18.8. The lowest BCUT2D eigenvalue weighted by molar-refractivity contribution is -0.128. The minimum absolute atomic E-state index is 0.101. The quantitative estimate of drug-likeness (QED) is 0.352. The fourth-order valence-electron chi connectivity index (χ4n) is 6.04. The lowest BCUT2D eigenvalue weighted by atomic mass is 9.87. The van der Waals surface area contributed by atoms with E-state index in [0.29, 0.717) is 36.3 Å². The smallest absolute Gasteiger partial charge is 0.234 e. The molecule has 5 heterocycles. The average molecular weight is 531 g/mol. The van der Waals surface area contributed by atoms with E-state index in [-0.39, 0.29) is 11.3 Å². The van der Waals surface area contributed by atoms with Crippen LogP contribution in [0.4, 0.5) is 0 Å². The maximum atomic E-state index is 12.5. The number of rotatable bonds is 8. The van der Waals surface area contributed by atoms with Crippen molar-refractivity contribution in [3.63, 3.8) is 0 Å². The van der Waals surface area contributed by atoms with Gasteiger partial charge in [-0.1, -0.05) is 26.8 Å². The van der Waals surface area contributed by atoms with Gasteiger partial charge < -0.3 is 19.8 Å². The second kappa shape index (κ2) is 10.3. The summed E-state index contributed by atoms with van der Waals surface area (Å²) in [5.74, 6) is 1.64. The van der Waals surface area contributed by atoms with Crippen LogP contribution in [0.3, 0.4) is 0 Å². The van der Waals surface area contributed by atoms with Gasteiger partial charge in [0.15, 0.2) is 11.4 Å². The van der Waals surface area contributed by atoms with Crippen molar-refractivity contribution >= 4 is 22.5 Å². The standard InChI is InChI=1S/C30H38N6O3/c1-19(2)27-23-11-21(20-7-9-35(10-8-20)14-26(37)31-15-30(3)16-39-17-30)5-6-24(23)34-28(27)22-12-25(38-4)29-32-18-33-36(29)13-22/h5-6,11-13,18-20,34H,7-10,14-17H2,1-4H3,(H,31,37). The monoisotopic (exact) mass is 530 g/mol. The summed E-state index contributed by atoms with van der Waals surface area (Å²) in [6.07, 6.45) is 5.66. The number of hydrogen-bond acceptors (Lipinski definition) is 6. The first-order valence-corrected chi connectivity index (χ1v) is 13.9. The molecule has 2 aliphatic rings. The molecular formula is C30H38N6O3. The maximum Gasteiger partial charge on any atom is 0.234 e. The van der Waals surface area contributed by atoms with Crippen LogP contribution >= 0.6 is 0 Å². The third-order valence-electron chi connectivity index (χ3n) is 8.33. The molecule has 0 saturated carbocycles. The Hall–Kier alpha value is -3.43. The van der Waals surface area contributed by atoms with Gasteiger partial charge in [-0.25, -0.2) is 9.50 Å². The number of benzene rings is 1. The number of aromatic amines is 1. The molecular weight excluding hydrogens is 492 g/mol. The fourth-order valence-corrected chi connectivity index (χ4v) is 6.04. The lowest BCUT2D eigenvalue weighted by Gasteiger charge is -2.38. The van der Waals surface area contributed by atoms with Crippen LogP contribution in [0.1, 0.15) is 56.6 Å². The van der Waals surface area contributed by atoms with Gasteiger partial charge in [0.1, 0.15) is 6.33 Å². The zero-order valence-electron chi connectivity index (χ0n) is 23.3. The second-order valence-electron chi connectivity index (χ2n) is 11.8. The number of amides is 1. The number of aromatic nitrogens is 4. The van der Waals surface area contributed by atoms with Crippen LogP contribution < -0.4 is 10.1 Å². The van der Waals surface area contributed by atoms with Crippen LogP contribution in [0.15, 0.2) is 36.8 Å². The van der Waals surface area contributed by atoms with Gasteiger partial charge in [-0.3, -0.25) is 9.69 Å². The lowest BCUT2D eigenvalue weighted by Crippen LogP contribution is -2.50. The number of methoxy groups -OCH3 is 1. The van der Waals surface area contributed by atoms with Crippen LogP contribution in [0.2, 0.25) is 0 Å². The van der Waals surface area contributed by atoms with E-state index in [1.54, 1.807) is 18.0 Å². The number of carbonyl (C=O) groups is 1. The van der Waals surface area contributed by atoms with E-state index in [9.17, 15) is 4.79 Å². The molecule has 0 unspecified atom stereocenters. The van der Waals surface area contributed by atoms with Crippen LogP contribution in [-0.2, 0) is 9.53 Å². The molecule has 2 fully saturated rings. The van der Waals surface area contributed by atoms with E-state index in [1.807, 2.05) is 12.3 Å². The highest BCUT2D eigenvalue weighted by molar-refractivity contribution is 5.92. The number of hydrogen-bond donors (Lipinski definition) is 2. The Balaban J connectivity index is 1.19. The van der Waals surface area contributed by atoms with Gasteiger partial charge in [-0.15, -0.1) is 0 Å². The number of carbonyl (C=O) groups excluding carboxylic acids is 1. The van der Waals surface area contributed by atoms with Gasteiger partial charge in [0.2, 0.25) is 5.91 Å². The van der Waals surface area contributed by atoms with Crippen molar-refractivity contribution in [1.82, 2.24) is 29.8 Å². The van der Waals surface area contributed by atoms with Gasteiger partial charge in [-0.05, 0) is 67.1 Å². The largest absolute Gasteiger partial charge is 0.493 e. The fraction of sp³-hybridized carbons (Fsp3) is 0.500. The summed E-state index contributed by atoms with van der Waals surface area (Å²) in [6, 6.07) is 8.90. The number of nitrogens with zero attached hydrogens (tertiary/aromatic N) is 4. The molecule has 4 aromatic rings. The van der Waals surface area contributed by atoms with Gasteiger partial charge in [-0.2, -0.15) is 5.10 Å². The normalized spacial score (nSPS) is 18.1. The van der Waals surface area contributed by atoms with Crippen molar-refractivity contribution in [3.8, 4) is 17.0 Å². The molecule has 2 saturated heterocycles. The van der Waals surface area contributed by atoms with Crippen molar-refractivity contribution < 1.29 is 14.3 Å². The summed E-state index contributed by atoms with van der Waals surface area (Å²) in [7, 11) is 1.66.